The van der Waals surface area contributed by atoms with E-state index in [2.05, 4.69) is 5.32 Å². The molecule has 33 heavy (non-hydrogen) atoms. The summed E-state index contributed by atoms with van der Waals surface area (Å²) in [7, 11) is 0. The standard InChI is InChI=1S/C26H28ClNO4S/c1-5-31-26(30)24-21(19-9-8-16(2)17(3)13-19)15-33-25(24)28-23(29)7-6-12-32-20-10-11-22(27)18(4)14-20/h8-11,13-15H,5-7,12H2,1-4H3,(H,28,29). The summed E-state index contributed by atoms with van der Waals surface area (Å²) in [4.78, 5) is 25.3. The van der Waals surface area contributed by atoms with Crippen molar-refractivity contribution in [2.24, 2.45) is 0 Å². The van der Waals surface area contributed by atoms with Gasteiger partial charge in [0.2, 0.25) is 5.91 Å². The Balaban J connectivity index is 1.67. The number of ether oxygens (including phenoxy) is 2. The van der Waals surface area contributed by atoms with E-state index < -0.39 is 5.97 Å². The molecule has 0 unspecified atom stereocenters. The van der Waals surface area contributed by atoms with Crippen LogP contribution in [0, 0.1) is 20.8 Å². The van der Waals surface area contributed by atoms with Crippen LogP contribution in [0.4, 0.5) is 5.00 Å². The highest BCUT2D eigenvalue weighted by molar-refractivity contribution is 7.15. The second-order valence-electron chi connectivity index (χ2n) is 7.78. The molecule has 0 spiro atoms. The van der Waals surface area contributed by atoms with Crippen LogP contribution >= 0.6 is 22.9 Å². The summed E-state index contributed by atoms with van der Waals surface area (Å²) < 4.78 is 11.0. The van der Waals surface area contributed by atoms with E-state index in [0.717, 1.165) is 28.0 Å². The molecule has 0 radical (unpaired) electrons. The lowest BCUT2D eigenvalue weighted by atomic mass is 9.99. The second kappa shape index (κ2) is 11.3. The number of halogens is 1. The third kappa shape index (κ3) is 6.36. The van der Waals surface area contributed by atoms with Gasteiger partial charge in [-0.05, 0) is 74.6 Å². The zero-order valence-electron chi connectivity index (χ0n) is 19.3. The van der Waals surface area contributed by atoms with Gasteiger partial charge in [0.05, 0.1) is 13.2 Å². The van der Waals surface area contributed by atoms with E-state index in [4.69, 9.17) is 21.1 Å². The molecule has 1 aromatic heterocycles. The summed E-state index contributed by atoms with van der Waals surface area (Å²) >= 11 is 7.36. The molecule has 5 nitrogen and oxygen atoms in total. The van der Waals surface area contributed by atoms with Crippen molar-refractivity contribution in [1.82, 2.24) is 0 Å². The highest BCUT2D eigenvalue weighted by Crippen LogP contribution is 2.37. The zero-order chi connectivity index (χ0) is 24.0. The molecule has 1 N–H and O–H groups in total. The van der Waals surface area contributed by atoms with Crippen molar-refractivity contribution >= 4 is 39.8 Å². The van der Waals surface area contributed by atoms with E-state index in [1.165, 1.54) is 16.9 Å². The van der Waals surface area contributed by atoms with Crippen molar-refractivity contribution in [2.45, 2.75) is 40.5 Å². The van der Waals surface area contributed by atoms with Gasteiger partial charge in [-0.15, -0.1) is 11.3 Å². The summed E-state index contributed by atoms with van der Waals surface area (Å²) in [6.45, 7) is 8.42. The molecule has 1 heterocycles. The Morgan fingerprint density at radius 1 is 1.03 bits per heavy atom. The van der Waals surface area contributed by atoms with E-state index in [1.54, 1.807) is 19.1 Å². The Kier molecular flexibility index (Phi) is 8.53. The number of aryl methyl sites for hydroxylation is 3. The minimum atomic E-state index is -0.441. The van der Waals surface area contributed by atoms with Crippen LogP contribution in [0.15, 0.2) is 41.8 Å². The molecule has 0 saturated carbocycles. The minimum Gasteiger partial charge on any atom is -0.494 e. The summed E-state index contributed by atoms with van der Waals surface area (Å²) in [6.07, 6.45) is 0.809. The number of hydrogen-bond acceptors (Lipinski definition) is 5. The van der Waals surface area contributed by atoms with Crippen LogP contribution in [0.25, 0.3) is 11.1 Å². The first-order valence-corrected chi connectivity index (χ1v) is 12.1. The highest BCUT2D eigenvalue weighted by atomic mass is 35.5. The fourth-order valence-electron chi connectivity index (χ4n) is 3.30. The Labute approximate surface area is 203 Å². The van der Waals surface area contributed by atoms with Gasteiger partial charge in [-0.2, -0.15) is 0 Å². The molecule has 0 atom stereocenters. The summed E-state index contributed by atoms with van der Waals surface area (Å²) in [5, 5.41) is 5.96. The third-order valence-electron chi connectivity index (χ3n) is 5.29. The van der Waals surface area contributed by atoms with Gasteiger partial charge >= 0.3 is 5.97 Å². The van der Waals surface area contributed by atoms with Gasteiger partial charge in [-0.3, -0.25) is 4.79 Å². The second-order valence-corrected chi connectivity index (χ2v) is 9.07. The van der Waals surface area contributed by atoms with Gasteiger partial charge in [0.1, 0.15) is 16.3 Å². The van der Waals surface area contributed by atoms with Crippen LogP contribution in [0.2, 0.25) is 5.02 Å². The average Bonchev–Trinajstić information content (AvgIpc) is 3.19. The number of carbonyl (C=O) groups is 2. The number of amides is 1. The maximum Gasteiger partial charge on any atom is 0.341 e. The van der Waals surface area contributed by atoms with E-state index >= 15 is 0 Å². The topological polar surface area (TPSA) is 64.6 Å². The summed E-state index contributed by atoms with van der Waals surface area (Å²) in [6, 6.07) is 11.5. The third-order valence-corrected chi connectivity index (χ3v) is 6.61. The monoisotopic (exact) mass is 485 g/mol. The predicted octanol–water partition coefficient (Wildman–Crippen LogP) is 6.97. The number of carbonyl (C=O) groups excluding carboxylic acids is 2. The maximum absolute atomic E-state index is 12.7. The molecule has 0 aliphatic rings. The molecule has 3 rings (SSSR count). The van der Waals surface area contributed by atoms with Crippen molar-refractivity contribution in [1.29, 1.82) is 0 Å². The number of esters is 1. The lowest BCUT2D eigenvalue weighted by Crippen LogP contribution is -2.15. The zero-order valence-corrected chi connectivity index (χ0v) is 20.9. The van der Waals surface area contributed by atoms with Crippen LogP contribution in [-0.4, -0.2) is 25.1 Å². The SMILES string of the molecule is CCOC(=O)c1c(-c2ccc(C)c(C)c2)csc1NC(=O)CCCOc1ccc(Cl)c(C)c1. The molecule has 0 aliphatic heterocycles. The summed E-state index contributed by atoms with van der Waals surface area (Å²) in [5.41, 5.74) is 5.33. The number of nitrogens with one attached hydrogen (secondary N) is 1. The van der Waals surface area contributed by atoms with Gasteiger partial charge in [0, 0.05) is 22.4 Å². The lowest BCUT2D eigenvalue weighted by Gasteiger charge is -2.10. The molecular weight excluding hydrogens is 458 g/mol. The highest BCUT2D eigenvalue weighted by Gasteiger charge is 2.23. The number of benzene rings is 2. The van der Waals surface area contributed by atoms with Crippen molar-refractivity contribution in [2.75, 3.05) is 18.5 Å². The van der Waals surface area contributed by atoms with Crippen molar-refractivity contribution < 1.29 is 19.1 Å². The van der Waals surface area contributed by atoms with Crippen LogP contribution in [0.5, 0.6) is 5.75 Å². The molecule has 7 heteroatoms. The van der Waals surface area contributed by atoms with Crippen LogP contribution < -0.4 is 10.1 Å². The Bertz CT molecular complexity index is 1160. The molecule has 0 saturated heterocycles. The molecule has 2 aromatic carbocycles. The molecule has 174 valence electrons. The van der Waals surface area contributed by atoms with Crippen LogP contribution in [0.3, 0.4) is 0 Å². The Morgan fingerprint density at radius 3 is 2.52 bits per heavy atom. The van der Waals surface area contributed by atoms with Crippen LogP contribution in [0.1, 0.15) is 46.8 Å². The molecule has 0 aliphatic carbocycles. The Hall–Kier alpha value is -2.83. The number of rotatable bonds is 9. The predicted molar refractivity (Wildman–Crippen MR) is 135 cm³/mol. The minimum absolute atomic E-state index is 0.176. The van der Waals surface area contributed by atoms with E-state index in [1.807, 2.05) is 50.4 Å². The van der Waals surface area contributed by atoms with E-state index in [0.29, 0.717) is 28.6 Å². The first-order chi connectivity index (χ1) is 15.8. The van der Waals surface area contributed by atoms with E-state index in [9.17, 15) is 9.59 Å². The molecule has 0 fully saturated rings. The van der Waals surface area contributed by atoms with Gasteiger partial charge in [-0.25, -0.2) is 4.79 Å². The molecule has 3 aromatic rings. The first-order valence-electron chi connectivity index (χ1n) is 10.8. The van der Waals surface area contributed by atoms with Gasteiger partial charge in [0.25, 0.3) is 0 Å². The molecular formula is C26H28ClNO4S. The molecule has 0 bridgehead atoms. The van der Waals surface area contributed by atoms with Gasteiger partial charge < -0.3 is 14.8 Å². The average molecular weight is 486 g/mol. The number of thiophene rings is 1. The number of anilines is 1. The van der Waals surface area contributed by atoms with Crippen molar-refractivity contribution in [3.05, 3.63) is 69.1 Å². The normalized spacial score (nSPS) is 10.7. The molecule has 1 amide bonds. The van der Waals surface area contributed by atoms with Gasteiger partial charge in [0.15, 0.2) is 0 Å². The van der Waals surface area contributed by atoms with E-state index in [-0.39, 0.29) is 18.9 Å². The largest absolute Gasteiger partial charge is 0.494 e. The maximum atomic E-state index is 12.7. The van der Waals surface area contributed by atoms with Crippen LogP contribution in [-0.2, 0) is 9.53 Å². The lowest BCUT2D eigenvalue weighted by molar-refractivity contribution is -0.116. The quantitative estimate of drug-likeness (QED) is 0.262. The fourth-order valence-corrected chi connectivity index (χ4v) is 4.39. The van der Waals surface area contributed by atoms with Crippen molar-refractivity contribution in [3.63, 3.8) is 0 Å². The fraction of sp³-hybridized carbons (Fsp3) is 0.308. The Morgan fingerprint density at radius 2 is 1.82 bits per heavy atom. The van der Waals surface area contributed by atoms with Crippen molar-refractivity contribution in [3.8, 4) is 16.9 Å². The summed E-state index contributed by atoms with van der Waals surface area (Å²) in [5.74, 6) is 0.104. The number of hydrogen-bond donors (Lipinski definition) is 1. The smallest absolute Gasteiger partial charge is 0.341 e. The first kappa shape index (κ1) is 24.8. The van der Waals surface area contributed by atoms with Gasteiger partial charge in [-0.1, -0.05) is 29.8 Å².